The summed E-state index contributed by atoms with van der Waals surface area (Å²) < 4.78 is 44.3. The molecule has 1 aromatic carbocycles. The Kier molecular flexibility index (Phi) is 4.34. The van der Waals surface area contributed by atoms with Gasteiger partial charge in [-0.2, -0.15) is 13.2 Å². The van der Waals surface area contributed by atoms with Gasteiger partial charge in [-0.3, -0.25) is 0 Å². The van der Waals surface area contributed by atoms with Crippen LogP contribution in [0.1, 0.15) is 30.4 Å². The first kappa shape index (κ1) is 14.2. The molecule has 0 radical (unpaired) electrons. The minimum absolute atomic E-state index is 0.0562. The van der Waals surface area contributed by atoms with Crippen molar-refractivity contribution in [3.63, 3.8) is 0 Å². The lowest BCUT2D eigenvalue weighted by molar-refractivity contribution is -0.139. The van der Waals surface area contributed by atoms with Crippen LogP contribution in [0.4, 0.5) is 13.2 Å². The molecule has 2 nitrogen and oxygen atoms in total. The quantitative estimate of drug-likeness (QED) is 0.885. The van der Waals surface area contributed by atoms with Crippen LogP contribution in [0.3, 0.4) is 0 Å². The van der Waals surface area contributed by atoms with Crippen LogP contribution >= 0.6 is 0 Å². The minimum atomic E-state index is -4.38. The Hall–Kier alpha value is -1.23. The highest BCUT2D eigenvalue weighted by atomic mass is 19.4. The summed E-state index contributed by atoms with van der Waals surface area (Å²) in [6, 6.07) is 4.25. The molecule has 0 atom stereocenters. The lowest BCUT2D eigenvalue weighted by Crippen LogP contribution is -2.20. The third-order valence-electron chi connectivity index (χ3n) is 3.43. The summed E-state index contributed by atoms with van der Waals surface area (Å²) >= 11 is 0. The molecule has 1 saturated carbocycles. The zero-order valence-corrected chi connectivity index (χ0v) is 10.9. The molecule has 1 N–H and O–H groups in total. The second-order valence-electron chi connectivity index (χ2n) is 4.97. The van der Waals surface area contributed by atoms with Crippen LogP contribution in [0.15, 0.2) is 18.2 Å². The molecular formula is C14H18F3NO. The van der Waals surface area contributed by atoms with Gasteiger partial charge in [0.05, 0.1) is 12.2 Å². The predicted octanol–water partition coefficient (Wildman–Crippen LogP) is 3.60. The van der Waals surface area contributed by atoms with Gasteiger partial charge in [-0.1, -0.05) is 12.5 Å². The van der Waals surface area contributed by atoms with Gasteiger partial charge in [-0.05, 0) is 43.5 Å². The first-order chi connectivity index (χ1) is 9.00. The monoisotopic (exact) mass is 273 g/mol. The summed E-state index contributed by atoms with van der Waals surface area (Å²) in [5.41, 5.74) is -0.0783. The number of halogens is 3. The summed E-state index contributed by atoms with van der Waals surface area (Å²) in [6.45, 7) is 0.792. The highest BCUT2D eigenvalue weighted by Gasteiger charge is 2.35. The minimum Gasteiger partial charge on any atom is -0.493 e. The van der Waals surface area contributed by atoms with Crippen LogP contribution in [-0.2, 0) is 12.7 Å². The molecular weight excluding hydrogens is 255 g/mol. The highest BCUT2D eigenvalue weighted by molar-refractivity contribution is 5.39. The number of hydrogen-bond donors (Lipinski definition) is 1. The van der Waals surface area contributed by atoms with Crippen molar-refractivity contribution in [2.24, 2.45) is 5.92 Å². The Morgan fingerprint density at radius 3 is 2.58 bits per heavy atom. The van der Waals surface area contributed by atoms with Crippen LogP contribution in [0.2, 0.25) is 0 Å². The first-order valence-electron chi connectivity index (χ1n) is 6.48. The normalized spacial score (nSPS) is 16.2. The molecule has 1 aliphatic carbocycles. The van der Waals surface area contributed by atoms with E-state index in [2.05, 4.69) is 5.32 Å². The van der Waals surface area contributed by atoms with Gasteiger partial charge < -0.3 is 10.1 Å². The van der Waals surface area contributed by atoms with Crippen molar-refractivity contribution < 1.29 is 17.9 Å². The Morgan fingerprint density at radius 2 is 2.05 bits per heavy atom. The molecule has 0 aromatic heterocycles. The van der Waals surface area contributed by atoms with Gasteiger partial charge >= 0.3 is 6.18 Å². The molecule has 0 saturated heterocycles. The lowest BCUT2D eigenvalue weighted by atomic mass is 9.86. The number of alkyl halides is 3. The molecule has 0 heterocycles. The number of nitrogens with one attached hydrogen (secondary N) is 1. The fraction of sp³-hybridized carbons (Fsp3) is 0.571. The van der Waals surface area contributed by atoms with E-state index in [1.165, 1.54) is 6.07 Å². The SMILES string of the molecule is CNCc1ccc(OCC2CCC2)c(C(F)(F)F)c1. The molecule has 0 spiro atoms. The van der Waals surface area contributed by atoms with Gasteiger partial charge in [0.15, 0.2) is 0 Å². The molecule has 19 heavy (non-hydrogen) atoms. The van der Waals surface area contributed by atoms with Gasteiger partial charge in [0.2, 0.25) is 0 Å². The third-order valence-corrected chi connectivity index (χ3v) is 3.43. The molecule has 0 bridgehead atoms. The van der Waals surface area contributed by atoms with E-state index in [4.69, 9.17) is 4.74 Å². The Morgan fingerprint density at radius 1 is 1.32 bits per heavy atom. The lowest BCUT2D eigenvalue weighted by Gasteiger charge is -2.26. The molecule has 5 heteroatoms. The van der Waals surface area contributed by atoms with E-state index in [0.29, 0.717) is 24.6 Å². The second kappa shape index (κ2) is 5.82. The van der Waals surface area contributed by atoms with Crippen molar-refractivity contribution >= 4 is 0 Å². The average molecular weight is 273 g/mol. The summed E-state index contributed by atoms with van der Waals surface area (Å²) in [6.07, 6.45) is -1.11. The summed E-state index contributed by atoms with van der Waals surface area (Å²) in [5, 5.41) is 2.84. The van der Waals surface area contributed by atoms with Crippen molar-refractivity contribution in [2.45, 2.75) is 32.0 Å². The molecule has 0 aliphatic heterocycles. The molecule has 1 aromatic rings. The Balaban J connectivity index is 2.15. The number of benzene rings is 1. The maximum absolute atomic E-state index is 13.0. The fourth-order valence-corrected chi connectivity index (χ4v) is 2.11. The summed E-state index contributed by atoms with van der Waals surface area (Å²) in [7, 11) is 1.70. The maximum atomic E-state index is 13.0. The van der Waals surface area contributed by atoms with E-state index in [9.17, 15) is 13.2 Å². The van der Waals surface area contributed by atoms with Crippen LogP contribution in [0.5, 0.6) is 5.75 Å². The highest BCUT2D eigenvalue weighted by Crippen LogP contribution is 2.37. The largest absolute Gasteiger partial charge is 0.493 e. The van der Waals surface area contributed by atoms with Crippen LogP contribution in [-0.4, -0.2) is 13.7 Å². The van der Waals surface area contributed by atoms with E-state index in [-0.39, 0.29) is 5.75 Å². The van der Waals surface area contributed by atoms with Gasteiger partial charge in [0.1, 0.15) is 5.75 Å². The van der Waals surface area contributed by atoms with Gasteiger partial charge in [0, 0.05) is 6.54 Å². The average Bonchev–Trinajstić information content (AvgIpc) is 2.27. The first-order valence-corrected chi connectivity index (χ1v) is 6.48. The van der Waals surface area contributed by atoms with Crippen molar-refractivity contribution in [3.8, 4) is 5.75 Å². The topological polar surface area (TPSA) is 21.3 Å². The zero-order valence-electron chi connectivity index (χ0n) is 10.9. The fourth-order valence-electron chi connectivity index (χ4n) is 2.11. The van der Waals surface area contributed by atoms with Crippen molar-refractivity contribution in [1.29, 1.82) is 0 Å². The van der Waals surface area contributed by atoms with E-state index < -0.39 is 11.7 Å². The predicted molar refractivity (Wildman–Crippen MR) is 67.0 cm³/mol. The molecule has 106 valence electrons. The van der Waals surface area contributed by atoms with Crippen LogP contribution in [0.25, 0.3) is 0 Å². The van der Waals surface area contributed by atoms with Crippen molar-refractivity contribution in [2.75, 3.05) is 13.7 Å². The van der Waals surface area contributed by atoms with Crippen LogP contribution < -0.4 is 10.1 Å². The van der Waals surface area contributed by atoms with Crippen LogP contribution in [0, 0.1) is 5.92 Å². The van der Waals surface area contributed by atoms with Gasteiger partial charge in [-0.15, -0.1) is 0 Å². The molecule has 0 unspecified atom stereocenters. The smallest absolute Gasteiger partial charge is 0.419 e. The summed E-state index contributed by atoms with van der Waals surface area (Å²) in [4.78, 5) is 0. The van der Waals surface area contributed by atoms with E-state index in [1.807, 2.05) is 0 Å². The Labute approximate surface area is 111 Å². The Bertz CT molecular complexity index is 427. The van der Waals surface area contributed by atoms with E-state index in [1.54, 1.807) is 13.1 Å². The maximum Gasteiger partial charge on any atom is 0.419 e. The van der Waals surface area contributed by atoms with E-state index >= 15 is 0 Å². The molecule has 1 aliphatic rings. The van der Waals surface area contributed by atoms with E-state index in [0.717, 1.165) is 25.3 Å². The second-order valence-corrected chi connectivity index (χ2v) is 4.97. The molecule has 1 fully saturated rings. The zero-order chi connectivity index (χ0) is 13.9. The van der Waals surface area contributed by atoms with Gasteiger partial charge in [-0.25, -0.2) is 0 Å². The molecule has 0 amide bonds. The number of ether oxygens (including phenoxy) is 1. The van der Waals surface area contributed by atoms with Crippen molar-refractivity contribution in [1.82, 2.24) is 5.32 Å². The third kappa shape index (κ3) is 3.62. The molecule has 2 rings (SSSR count). The van der Waals surface area contributed by atoms with Gasteiger partial charge in [0.25, 0.3) is 0 Å². The summed E-state index contributed by atoms with van der Waals surface area (Å²) in [5.74, 6) is 0.359. The number of rotatable bonds is 5. The standard InChI is InChI=1S/C14H18F3NO/c1-18-8-11-5-6-13(12(7-11)14(15,16)17)19-9-10-3-2-4-10/h5-7,10,18H,2-4,8-9H2,1H3. The van der Waals surface area contributed by atoms with Crippen molar-refractivity contribution in [3.05, 3.63) is 29.3 Å². The number of hydrogen-bond acceptors (Lipinski definition) is 2.